The molecule has 1 atom stereocenters. The van der Waals surface area contributed by atoms with Gasteiger partial charge in [-0.05, 0) is 44.0 Å². The van der Waals surface area contributed by atoms with Crippen LogP contribution >= 0.6 is 43.2 Å². The van der Waals surface area contributed by atoms with Crippen molar-refractivity contribution in [1.82, 2.24) is 5.32 Å². The zero-order valence-electron chi connectivity index (χ0n) is 9.86. The smallest absolute Gasteiger partial charge is 0.262 e. The number of rotatable bonds is 3. The van der Waals surface area contributed by atoms with Gasteiger partial charge in [-0.15, -0.1) is 11.3 Å². The van der Waals surface area contributed by atoms with Crippen LogP contribution in [0.5, 0.6) is 0 Å². The van der Waals surface area contributed by atoms with Crippen molar-refractivity contribution in [3.05, 3.63) is 54.8 Å². The molecule has 1 aromatic heterocycles. The lowest BCUT2D eigenvalue weighted by Gasteiger charge is -2.11. The third kappa shape index (κ3) is 3.26. The lowest BCUT2D eigenvalue weighted by atomic mass is 10.1. The summed E-state index contributed by atoms with van der Waals surface area (Å²) in [6, 6.07) is 8.38. The summed E-state index contributed by atoms with van der Waals surface area (Å²) >= 11 is 7.80. The molecular weight excluding hydrogens is 411 g/mol. The number of nitrogens with one attached hydrogen (secondary N) is 1. The summed E-state index contributed by atoms with van der Waals surface area (Å²) in [5.41, 5.74) is 0.151. The van der Waals surface area contributed by atoms with Crippen molar-refractivity contribution in [2.75, 3.05) is 0 Å². The average molecular weight is 418 g/mol. The van der Waals surface area contributed by atoms with Gasteiger partial charge in [0.15, 0.2) is 0 Å². The van der Waals surface area contributed by atoms with Crippen LogP contribution in [-0.2, 0) is 0 Å². The first-order chi connectivity index (χ1) is 9.52. The predicted molar refractivity (Wildman–Crippen MR) is 81.9 cm³/mol. The standard InChI is InChI=1S/C13H7Br2FN2OS/c14-8-5-11(20-12(8)15)13(19)18-10(6-17)7-3-1-2-4-9(7)16/h1-5,10H,(H,18,19). The first-order valence-electron chi connectivity index (χ1n) is 5.42. The molecule has 0 spiro atoms. The number of nitrogens with zero attached hydrogens (tertiary/aromatic N) is 1. The molecule has 0 aliphatic rings. The normalized spacial score (nSPS) is 11.7. The molecule has 1 aromatic carbocycles. The number of benzene rings is 1. The molecule has 0 aliphatic carbocycles. The van der Waals surface area contributed by atoms with Crippen molar-refractivity contribution in [3.8, 4) is 6.07 Å². The quantitative estimate of drug-likeness (QED) is 0.804. The predicted octanol–water partition coefficient (Wildman–Crippen LogP) is 4.41. The van der Waals surface area contributed by atoms with E-state index in [2.05, 4.69) is 37.2 Å². The molecule has 0 bridgehead atoms. The molecular formula is C13H7Br2FN2OS. The molecule has 0 saturated heterocycles. The number of amides is 1. The average Bonchev–Trinajstić information content (AvgIpc) is 2.77. The van der Waals surface area contributed by atoms with Crippen molar-refractivity contribution >= 4 is 49.1 Å². The van der Waals surface area contributed by atoms with Crippen LogP contribution in [0, 0.1) is 17.1 Å². The fourth-order valence-electron chi connectivity index (χ4n) is 1.55. The molecule has 0 fully saturated rings. The summed E-state index contributed by atoms with van der Waals surface area (Å²) in [6.45, 7) is 0. The molecule has 7 heteroatoms. The number of carbonyl (C=O) groups excluding carboxylic acids is 1. The number of thiophene rings is 1. The molecule has 2 rings (SSSR count). The first kappa shape index (κ1) is 15.2. The fraction of sp³-hybridized carbons (Fsp3) is 0.0769. The van der Waals surface area contributed by atoms with Crippen molar-refractivity contribution < 1.29 is 9.18 Å². The summed E-state index contributed by atoms with van der Waals surface area (Å²) < 4.78 is 15.2. The Kier molecular flexibility index (Phi) is 4.91. The number of hydrogen-bond donors (Lipinski definition) is 1. The van der Waals surface area contributed by atoms with Gasteiger partial charge < -0.3 is 5.32 Å². The van der Waals surface area contributed by atoms with Gasteiger partial charge in [0.1, 0.15) is 11.9 Å². The molecule has 3 nitrogen and oxygen atoms in total. The van der Waals surface area contributed by atoms with Crippen molar-refractivity contribution in [1.29, 1.82) is 5.26 Å². The van der Waals surface area contributed by atoms with E-state index >= 15 is 0 Å². The first-order valence-corrected chi connectivity index (χ1v) is 7.83. The third-order valence-corrected chi connectivity index (χ3v) is 5.74. The van der Waals surface area contributed by atoms with E-state index in [9.17, 15) is 9.18 Å². The maximum absolute atomic E-state index is 13.6. The number of carbonyl (C=O) groups is 1. The van der Waals surface area contributed by atoms with E-state index in [-0.39, 0.29) is 5.56 Å². The van der Waals surface area contributed by atoms with E-state index in [1.54, 1.807) is 12.1 Å². The summed E-state index contributed by atoms with van der Waals surface area (Å²) in [4.78, 5) is 12.5. The number of halogens is 3. The third-order valence-electron chi connectivity index (χ3n) is 2.49. The zero-order chi connectivity index (χ0) is 14.7. The van der Waals surface area contributed by atoms with Gasteiger partial charge in [0, 0.05) is 10.0 Å². The van der Waals surface area contributed by atoms with E-state index in [4.69, 9.17) is 5.26 Å². The van der Waals surface area contributed by atoms with Gasteiger partial charge in [-0.1, -0.05) is 18.2 Å². The summed E-state index contributed by atoms with van der Waals surface area (Å²) in [5.74, 6) is -0.941. The van der Waals surface area contributed by atoms with Crippen LogP contribution in [0.15, 0.2) is 38.6 Å². The number of hydrogen-bond acceptors (Lipinski definition) is 3. The second-order valence-corrected chi connectivity index (χ2v) is 7.01. The molecule has 102 valence electrons. The molecule has 0 saturated carbocycles. The van der Waals surface area contributed by atoms with E-state index in [1.165, 1.54) is 29.5 Å². The highest BCUT2D eigenvalue weighted by Crippen LogP contribution is 2.32. The fourth-order valence-corrected chi connectivity index (χ4v) is 3.49. The maximum Gasteiger partial charge on any atom is 0.262 e. The SMILES string of the molecule is N#CC(NC(=O)c1cc(Br)c(Br)s1)c1ccccc1F. The second-order valence-electron chi connectivity index (χ2n) is 3.79. The molecule has 2 aromatic rings. The van der Waals surface area contributed by atoms with Gasteiger partial charge in [0.05, 0.1) is 14.7 Å². The Morgan fingerprint density at radius 1 is 1.40 bits per heavy atom. The summed E-state index contributed by atoms with van der Waals surface area (Å²) in [6.07, 6.45) is 0. The minimum absolute atomic E-state index is 0.151. The molecule has 1 amide bonds. The second kappa shape index (κ2) is 6.48. The molecule has 1 N–H and O–H groups in total. The zero-order valence-corrected chi connectivity index (χ0v) is 13.9. The molecule has 1 heterocycles. The van der Waals surface area contributed by atoms with Crippen LogP contribution < -0.4 is 5.32 Å². The van der Waals surface area contributed by atoms with Gasteiger partial charge in [-0.25, -0.2) is 4.39 Å². The number of nitriles is 1. The minimum atomic E-state index is -1.02. The van der Waals surface area contributed by atoms with Gasteiger partial charge in [0.2, 0.25) is 0 Å². The van der Waals surface area contributed by atoms with Crippen LogP contribution in [0.3, 0.4) is 0 Å². The van der Waals surface area contributed by atoms with E-state index in [0.717, 1.165) is 8.26 Å². The highest BCUT2D eigenvalue weighted by atomic mass is 79.9. The van der Waals surface area contributed by atoms with Crippen molar-refractivity contribution in [2.45, 2.75) is 6.04 Å². The summed E-state index contributed by atoms with van der Waals surface area (Å²) in [7, 11) is 0. The highest BCUT2D eigenvalue weighted by Gasteiger charge is 2.20. The van der Waals surface area contributed by atoms with Crippen LogP contribution in [0.25, 0.3) is 0 Å². The van der Waals surface area contributed by atoms with E-state index in [0.29, 0.717) is 4.88 Å². The van der Waals surface area contributed by atoms with Crippen molar-refractivity contribution in [2.24, 2.45) is 0 Å². The molecule has 1 unspecified atom stereocenters. The Bertz CT molecular complexity index is 676. The Morgan fingerprint density at radius 3 is 2.65 bits per heavy atom. The maximum atomic E-state index is 13.6. The Labute approximate surface area is 135 Å². The minimum Gasteiger partial charge on any atom is -0.332 e. The van der Waals surface area contributed by atoms with Crippen LogP contribution in [-0.4, -0.2) is 5.91 Å². The Morgan fingerprint density at radius 2 is 2.10 bits per heavy atom. The largest absolute Gasteiger partial charge is 0.332 e. The lowest BCUT2D eigenvalue weighted by molar-refractivity contribution is 0.0949. The molecule has 0 radical (unpaired) electrons. The highest BCUT2D eigenvalue weighted by molar-refractivity contribution is 9.13. The monoisotopic (exact) mass is 416 g/mol. The van der Waals surface area contributed by atoms with Crippen LogP contribution in [0.4, 0.5) is 4.39 Å². The Balaban J connectivity index is 2.21. The topological polar surface area (TPSA) is 52.9 Å². The van der Waals surface area contributed by atoms with Gasteiger partial charge >= 0.3 is 0 Å². The lowest BCUT2D eigenvalue weighted by Crippen LogP contribution is -2.27. The van der Waals surface area contributed by atoms with Crippen molar-refractivity contribution in [3.63, 3.8) is 0 Å². The van der Waals surface area contributed by atoms with Gasteiger partial charge in [0.25, 0.3) is 5.91 Å². The van der Waals surface area contributed by atoms with E-state index in [1.807, 2.05) is 6.07 Å². The van der Waals surface area contributed by atoms with Gasteiger partial charge in [-0.2, -0.15) is 5.26 Å². The van der Waals surface area contributed by atoms with Crippen LogP contribution in [0.2, 0.25) is 0 Å². The Hall–Kier alpha value is -1.23. The molecule has 20 heavy (non-hydrogen) atoms. The van der Waals surface area contributed by atoms with E-state index < -0.39 is 17.8 Å². The summed E-state index contributed by atoms with van der Waals surface area (Å²) in [5, 5.41) is 11.6. The van der Waals surface area contributed by atoms with Gasteiger partial charge in [-0.3, -0.25) is 4.79 Å². The molecule has 0 aliphatic heterocycles. The van der Waals surface area contributed by atoms with Crippen LogP contribution in [0.1, 0.15) is 21.3 Å².